The Bertz CT molecular complexity index is 1190. The fraction of sp³-hybridized carbons (Fsp3) is 0.150. The maximum Gasteiger partial charge on any atom is 0.490 e. The van der Waals surface area contributed by atoms with Crippen LogP contribution in [0.2, 0.25) is 0 Å². The van der Waals surface area contributed by atoms with Gasteiger partial charge in [-0.15, -0.1) is 0 Å². The second-order valence-electron chi connectivity index (χ2n) is 6.32. The molecule has 15 heteroatoms. The lowest BCUT2D eigenvalue weighted by Crippen LogP contribution is -2.21. The van der Waals surface area contributed by atoms with Gasteiger partial charge >= 0.3 is 24.3 Å². The van der Waals surface area contributed by atoms with Gasteiger partial charge in [0.05, 0.1) is 17.7 Å². The van der Waals surface area contributed by atoms with Gasteiger partial charge in [0.2, 0.25) is 0 Å². The van der Waals surface area contributed by atoms with E-state index in [0.717, 1.165) is 11.3 Å². The normalized spacial score (nSPS) is 10.7. The van der Waals surface area contributed by atoms with E-state index in [4.69, 9.17) is 25.5 Å². The summed E-state index contributed by atoms with van der Waals surface area (Å²) in [5.41, 5.74) is 9.39. The molecule has 2 aromatic heterocycles. The Hall–Kier alpha value is -4.61. The number of rotatable bonds is 2. The summed E-state index contributed by atoms with van der Waals surface area (Å²) in [5, 5.41) is 23.6. The number of carbonyl (C=O) groups is 2. The van der Waals surface area contributed by atoms with Gasteiger partial charge in [-0.1, -0.05) is 30.3 Å². The number of nitrogen functional groups attached to an aromatic ring is 1. The molecule has 0 saturated carbocycles. The van der Waals surface area contributed by atoms with Gasteiger partial charge < -0.3 is 20.5 Å². The van der Waals surface area contributed by atoms with E-state index in [1.165, 1.54) is 0 Å². The fourth-order valence-electron chi connectivity index (χ4n) is 2.19. The predicted octanol–water partition coefficient (Wildman–Crippen LogP) is 3.87. The van der Waals surface area contributed by atoms with Gasteiger partial charge in [-0.3, -0.25) is 0 Å². The van der Waals surface area contributed by atoms with E-state index in [0.29, 0.717) is 16.8 Å². The average Bonchev–Trinajstić information content (AvgIpc) is 3.19. The molecule has 0 aliphatic carbocycles. The number of anilines is 1. The Labute approximate surface area is 192 Å². The van der Waals surface area contributed by atoms with Crippen molar-refractivity contribution in [3.05, 3.63) is 54.5 Å². The molecule has 9 nitrogen and oxygen atoms in total. The smallest absolute Gasteiger partial charge is 0.475 e. The summed E-state index contributed by atoms with van der Waals surface area (Å²) in [6.45, 7) is 0. The second kappa shape index (κ2) is 11.5. The molecule has 0 spiro atoms. The molecule has 0 amide bonds. The zero-order valence-electron chi connectivity index (χ0n) is 17.5. The number of nitrogens with zero attached hydrogens (tertiary/aromatic N) is 4. The summed E-state index contributed by atoms with van der Waals surface area (Å²) in [6.07, 6.45) is -6.63. The van der Waals surface area contributed by atoms with E-state index < -0.39 is 24.3 Å². The number of carboxylic acids is 2. The SMILES string of the molecule is Cn1cnc(-c2cc(-c3ccccc3)nc(N)c2C#N)c1.O=C(O)C(F)(F)F.O=C(O)C(F)(F)F. The number of hydrogen-bond donors (Lipinski definition) is 3. The Balaban J connectivity index is 0.000000362. The molecule has 0 aliphatic rings. The van der Waals surface area contributed by atoms with Crippen molar-refractivity contribution in [1.29, 1.82) is 5.26 Å². The molecule has 0 fully saturated rings. The van der Waals surface area contributed by atoms with Gasteiger partial charge in [-0.25, -0.2) is 19.6 Å². The lowest BCUT2D eigenvalue weighted by Gasteiger charge is -2.08. The number of aromatic nitrogens is 3. The summed E-state index contributed by atoms with van der Waals surface area (Å²) in [7, 11) is 1.88. The van der Waals surface area contributed by atoms with E-state index in [1.807, 2.05) is 54.2 Å². The first-order valence-corrected chi connectivity index (χ1v) is 8.92. The molecule has 0 atom stereocenters. The molecule has 0 aliphatic heterocycles. The molecular weight excluding hydrogens is 488 g/mol. The van der Waals surface area contributed by atoms with Gasteiger partial charge in [0.1, 0.15) is 17.5 Å². The number of aliphatic carboxylic acids is 2. The van der Waals surface area contributed by atoms with Gasteiger partial charge in [0.25, 0.3) is 0 Å². The molecule has 0 unspecified atom stereocenters. The van der Waals surface area contributed by atoms with E-state index in [-0.39, 0.29) is 5.82 Å². The minimum Gasteiger partial charge on any atom is -0.475 e. The number of alkyl halides is 6. The highest BCUT2D eigenvalue weighted by Gasteiger charge is 2.38. The van der Waals surface area contributed by atoms with Crippen molar-refractivity contribution in [2.24, 2.45) is 7.05 Å². The van der Waals surface area contributed by atoms with Crippen LogP contribution in [0, 0.1) is 11.3 Å². The second-order valence-corrected chi connectivity index (χ2v) is 6.32. The lowest BCUT2D eigenvalue weighted by molar-refractivity contribution is -0.193. The maximum absolute atomic E-state index is 10.6. The third-order valence-electron chi connectivity index (χ3n) is 3.69. The predicted molar refractivity (Wildman–Crippen MR) is 108 cm³/mol. The first-order valence-electron chi connectivity index (χ1n) is 8.92. The number of nitrogens with two attached hydrogens (primary N) is 1. The molecule has 186 valence electrons. The van der Waals surface area contributed by atoms with Crippen molar-refractivity contribution in [3.8, 4) is 28.6 Å². The first kappa shape index (κ1) is 28.4. The van der Waals surface area contributed by atoms with Crippen LogP contribution in [-0.4, -0.2) is 49.0 Å². The van der Waals surface area contributed by atoms with Crippen LogP contribution in [0.4, 0.5) is 32.2 Å². The van der Waals surface area contributed by atoms with E-state index in [9.17, 15) is 31.6 Å². The quantitative estimate of drug-likeness (QED) is 0.445. The largest absolute Gasteiger partial charge is 0.490 e. The molecule has 3 aromatic rings. The van der Waals surface area contributed by atoms with Crippen LogP contribution < -0.4 is 5.73 Å². The van der Waals surface area contributed by atoms with Gasteiger partial charge in [-0.05, 0) is 6.07 Å². The summed E-state index contributed by atoms with van der Waals surface area (Å²) in [5.74, 6) is -5.29. The van der Waals surface area contributed by atoms with Gasteiger partial charge in [0.15, 0.2) is 0 Å². The Morgan fingerprint density at radius 1 is 1.00 bits per heavy atom. The maximum atomic E-state index is 10.6. The van der Waals surface area contributed by atoms with Crippen LogP contribution in [0.25, 0.3) is 22.5 Å². The van der Waals surface area contributed by atoms with Crippen LogP contribution in [-0.2, 0) is 16.6 Å². The number of hydrogen-bond acceptors (Lipinski definition) is 6. The monoisotopic (exact) mass is 503 g/mol. The molecule has 2 heterocycles. The van der Waals surface area contributed by atoms with Crippen molar-refractivity contribution >= 4 is 17.8 Å². The first-order chi connectivity index (χ1) is 16.1. The molecule has 1 aromatic carbocycles. The van der Waals surface area contributed by atoms with Crippen LogP contribution >= 0.6 is 0 Å². The highest BCUT2D eigenvalue weighted by molar-refractivity contribution is 5.78. The van der Waals surface area contributed by atoms with Crippen molar-refractivity contribution in [3.63, 3.8) is 0 Å². The number of aryl methyl sites for hydroxylation is 1. The number of carboxylic acid groups (broad SMARTS) is 2. The summed E-state index contributed by atoms with van der Waals surface area (Å²) >= 11 is 0. The van der Waals surface area contributed by atoms with Crippen molar-refractivity contribution in [1.82, 2.24) is 14.5 Å². The van der Waals surface area contributed by atoms with Crippen LogP contribution in [0.3, 0.4) is 0 Å². The molecule has 35 heavy (non-hydrogen) atoms. The molecular formula is C20H15F6N5O4. The standard InChI is InChI=1S/C16H13N5.2C2HF3O2/c1-21-9-15(19-10-21)12-7-14(11-5-3-2-4-6-11)20-16(18)13(12)8-17;2*3-2(4,5)1(6)7/h2-7,9-10H,1H3,(H2,18,20);2*(H,6,7). The zero-order chi connectivity index (χ0) is 27.0. The summed E-state index contributed by atoms with van der Waals surface area (Å²) < 4.78 is 65.3. The third-order valence-corrected chi connectivity index (χ3v) is 3.69. The van der Waals surface area contributed by atoms with Crippen molar-refractivity contribution in [2.75, 3.05) is 5.73 Å². The van der Waals surface area contributed by atoms with Crippen molar-refractivity contribution in [2.45, 2.75) is 12.4 Å². The summed E-state index contributed by atoms with van der Waals surface area (Å²) in [6, 6.07) is 13.7. The minimum atomic E-state index is -5.08. The Kier molecular flexibility index (Phi) is 9.34. The van der Waals surface area contributed by atoms with Crippen molar-refractivity contribution < 1.29 is 46.1 Å². The molecule has 0 radical (unpaired) electrons. The number of pyridine rings is 1. The molecule has 0 bridgehead atoms. The van der Waals surface area contributed by atoms with Gasteiger partial charge in [-0.2, -0.15) is 31.6 Å². The highest BCUT2D eigenvalue weighted by atomic mass is 19.4. The molecule has 4 N–H and O–H groups in total. The number of halogens is 6. The van der Waals surface area contributed by atoms with E-state index >= 15 is 0 Å². The highest BCUT2D eigenvalue weighted by Crippen LogP contribution is 2.30. The summed E-state index contributed by atoms with van der Waals surface area (Å²) in [4.78, 5) is 26.4. The van der Waals surface area contributed by atoms with E-state index in [1.54, 1.807) is 6.33 Å². The zero-order valence-corrected chi connectivity index (χ0v) is 17.5. The van der Waals surface area contributed by atoms with Crippen LogP contribution in [0.15, 0.2) is 48.9 Å². The average molecular weight is 503 g/mol. The minimum absolute atomic E-state index is 0.222. The van der Waals surface area contributed by atoms with Gasteiger partial charge in [0, 0.05) is 24.4 Å². The van der Waals surface area contributed by atoms with Crippen LogP contribution in [0.1, 0.15) is 5.56 Å². The number of imidazole rings is 1. The van der Waals surface area contributed by atoms with Crippen LogP contribution in [0.5, 0.6) is 0 Å². The Morgan fingerprint density at radius 3 is 1.86 bits per heavy atom. The third kappa shape index (κ3) is 8.68. The molecule has 3 rings (SSSR count). The fourth-order valence-corrected chi connectivity index (χ4v) is 2.19. The lowest BCUT2D eigenvalue weighted by atomic mass is 10.0. The Morgan fingerprint density at radius 2 is 1.49 bits per heavy atom. The topological polar surface area (TPSA) is 155 Å². The molecule has 0 saturated heterocycles. The van der Waals surface area contributed by atoms with E-state index in [2.05, 4.69) is 16.0 Å². The number of benzene rings is 1. The number of nitriles is 1.